The summed E-state index contributed by atoms with van der Waals surface area (Å²) in [4.78, 5) is 0. The summed E-state index contributed by atoms with van der Waals surface area (Å²) in [6.45, 7) is 10.3. The van der Waals surface area contributed by atoms with Crippen LogP contribution in [0.4, 0.5) is 0 Å². The maximum Gasteiger partial charge on any atom is 0.0472 e. The molecule has 1 N–H and O–H groups in total. The van der Waals surface area contributed by atoms with Crippen molar-refractivity contribution in [2.75, 3.05) is 26.3 Å². The molecule has 0 aliphatic rings. The number of hydrogen-bond acceptors (Lipinski definition) is 2. The highest BCUT2D eigenvalue weighted by Crippen LogP contribution is 2.20. The van der Waals surface area contributed by atoms with Gasteiger partial charge in [-0.25, -0.2) is 0 Å². The fraction of sp³-hybridized carbons (Fsp3) is 0.647. The van der Waals surface area contributed by atoms with Gasteiger partial charge in [-0.15, -0.1) is 0 Å². The molecule has 1 aromatic rings. The Morgan fingerprint density at radius 3 is 2.74 bits per heavy atom. The van der Waals surface area contributed by atoms with Gasteiger partial charge in [0.25, 0.3) is 0 Å². The molecule has 0 bridgehead atoms. The van der Waals surface area contributed by atoms with Gasteiger partial charge in [0, 0.05) is 19.8 Å². The molecule has 0 saturated heterocycles. The van der Waals surface area contributed by atoms with Gasteiger partial charge in [-0.2, -0.15) is 0 Å². The first-order valence-corrected chi connectivity index (χ1v) is 7.63. The first-order chi connectivity index (χ1) is 9.27. The lowest BCUT2D eigenvalue weighted by atomic mass is 9.94. The Morgan fingerprint density at radius 1 is 1.21 bits per heavy atom. The third-order valence-electron chi connectivity index (χ3n) is 3.41. The topological polar surface area (TPSA) is 21.3 Å². The molecule has 1 rings (SSSR count). The largest absolute Gasteiger partial charge is 0.381 e. The minimum Gasteiger partial charge on any atom is -0.381 e. The molecule has 0 heterocycles. The fourth-order valence-corrected chi connectivity index (χ4v) is 2.20. The van der Waals surface area contributed by atoms with Gasteiger partial charge in [-0.3, -0.25) is 0 Å². The van der Waals surface area contributed by atoms with Gasteiger partial charge in [0.1, 0.15) is 0 Å². The fourth-order valence-electron chi connectivity index (χ4n) is 2.20. The lowest BCUT2D eigenvalue weighted by Crippen LogP contribution is -2.22. The molecule has 0 aliphatic carbocycles. The first-order valence-electron chi connectivity index (χ1n) is 7.63. The van der Waals surface area contributed by atoms with E-state index in [4.69, 9.17) is 4.74 Å². The monoisotopic (exact) mass is 263 g/mol. The van der Waals surface area contributed by atoms with Gasteiger partial charge in [-0.1, -0.05) is 50.1 Å². The number of hydrogen-bond donors (Lipinski definition) is 1. The van der Waals surface area contributed by atoms with Crippen molar-refractivity contribution in [3.05, 3.63) is 35.4 Å². The number of aryl methyl sites for hydroxylation is 1. The standard InChI is InChI=1S/C17H29NO/c1-4-6-11-19-12-10-17(14-18-5-2)16-9-7-8-15(3)13-16/h7-9,13,17-18H,4-6,10-12,14H2,1-3H3. The second-order valence-corrected chi connectivity index (χ2v) is 5.17. The van der Waals surface area contributed by atoms with Crippen molar-refractivity contribution in [2.24, 2.45) is 0 Å². The van der Waals surface area contributed by atoms with Gasteiger partial charge < -0.3 is 10.1 Å². The highest BCUT2D eigenvalue weighted by molar-refractivity contribution is 5.25. The van der Waals surface area contributed by atoms with Gasteiger partial charge in [0.15, 0.2) is 0 Å². The summed E-state index contributed by atoms with van der Waals surface area (Å²) < 4.78 is 5.71. The number of ether oxygens (including phenoxy) is 1. The number of rotatable bonds is 10. The smallest absolute Gasteiger partial charge is 0.0472 e. The van der Waals surface area contributed by atoms with Crippen LogP contribution in [0, 0.1) is 6.92 Å². The molecule has 0 amide bonds. The number of benzene rings is 1. The quantitative estimate of drug-likeness (QED) is 0.647. The molecule has 19 heavy (non-hydrogen) atoms. The van der Waals surface area contributed by atoms with Crippen molar-refractivity contribution in [1.29, 1.82) is 0 Å². The van der Waals surface area contributed by atoms with Crippen LogP contribution in [0.15, 0.2) is 24.3 Å². The molecule has 2 nitrogen and oxygen atoms in total. The SMILES string of the molecule is CCCCOCCC(CNCC)c1cccc(C)c1. The summed E-state index contributed by atoms with van der Waals surface area (Å²) in [6.07, 6.45) is 3.47. The molecule has 108 valence electrons. The zero-order valence-electron chi connectivity index (χ0n) is 12.7. The predicted molar refractivity (Wildman–Crippen MR) is 82.8 cm³/mol. The average Bonchev–Trinajstić information content (AvgIpc) is 2.42. The molecule has 0 aromatic heterocycles. The summed E-state index contributed by atoms with van der Waals surface area (Å²) in [6, 6.07) is 8.85. The zero-order valence-corrected chi connectivity index (χ0v) is 12.7. The summed E-state index contributed by atoms with van der Waals surface area (Å²) in [5.74, 6) is 0.557. The minimum atomic E-state index is 0.557. The van der Waals surface area contributed by atoms with Crippen LogP contribution >= 0.6 is 0 Å². The van der Waals surface area contributed by atoms with Gasteiger partial charge in [0.2, 0.25) is 0 Å². The molecule has 1 aromatic carbocycles. The van der Waals surface area contributed by atoms with Crippen LogP contribution in [-0.2, 0) is 4.74 Å². The van der Waals surface area contributed by atoms with Crippen LogP contribution in [0.25, 0.3) is 0 Å². The highest BCUT2D eigenvalue weighted by Gasteiger charge is 2.11. The third kappa shape index (κ3) is 6.74. The number of unbranched alkanes of at least 4 members (excludes halogenated alkanes) is 1. The Kier molecular flexibility index (Phi) is 8.52. The summed E-state index contributed by atoms with van der Waals surface area (Å²) in [5.41, 5.74) is 2.77. The molecule has 2 heteroatoms. The normalized spacial score (nSPS) is 12.6. The van der Waals surface area contributed by atoms with Gasteiger partial charge >= 0.3 is 0 Å². The van der Waals surface area contributed by atoms with E-state index in [9.17, 15) is 0 Å². The lowest BCUT2D eigenvalue weighted by Gasteiger charge is -2.18. The van der Waals surface area contributed by atoms with Gasteiger partial charge in [0.05, 0.1) is 0 Å². The van der Waals surface area contributed by atoms with E-state index in [0.717, 1.165) is 32.7 Å². The summed E-state index contributed by atoms with van der Waals surface area (Å²) in [5, 5.41) is 3.46. The van der Waals surface area contributed by atoms with E-state index in [1.165, 1.54) is 24.0 Å². The Morgan fingerprint density at radius 2 is 2.05 bits per heavy atom. The Balaban J connectivity index is 2.47. The molecular weight excluding hydrogens is 234 g/mol. The third-order valence-corrected chi connectivity index (χ3v) is 3.41. The van der Waals surface area contributed by atoms with E-state index in [1.54, 1.807) is 0 Å². The summed E-state index contributed by atoms with van der Waals surface area (Å²) in [7, 11) is 0. The van der Waals surface area contributed by atoms with E-state index in [-0.39, 0.29) is 0 Å². The molecule has 0 spiro atoms. The van der Waals surface area contributed by atoms with Crippen LogP contribution in [0.3, 0.4) is 0 Å². The Labute approximate surface area is 118 Å². The van der Waals surface area contributed by atoms with E-state index in [1.807, 2.05) is 0 Å². The molecule has 1 unspecified atom stereocenters. The Hall–Kier alpha value is -0.860. The van der Waals surface area contributed by atoms with E-state index in [0.29, 0.717) is 5.92 Å². The van der Waals surface area contributed by atoms with Gasteiger partial charge in [-0.05, 0) is 37.8 Å². The molecule has 0 fully saturated rings. The van der Waals surface area contributed by atoms with E-state index < -0.39 is 0 Å². The second kappa shape index (κ2) is 9.99. The molecule has 0 aliphatic heterocycles. The van der Waals surface area contributed by atoms with Crippen molar-refractivity contribution in [1.82, 2.24) is 5.32 Å². The molecule has 1 atom stereocenters. The lowest BCUT2D eigenvalue weighted by molar-refractivity contribution is 0.124. The highest BCUT2D eigenvalue weighted by atomic mass is 16.5. The van der Waals surface area contributed by atoms with Crippen LogP contribution in [0.1, 0.15) is 50.2 Å². The van der Waals surface area contributed by atoms with Crippen molar-refractivity contribution < 1.29 is 4.74 Å². The molecule has 0 radical (unpaired) electrons. The second-order valence-electron chi connectivity index (χ2n) is 5.17. The van der Waals surface area contributed by atoms with E-state index in [2.05, 4.69) is 50.4 Å². The number of nitrogens with one attached hydrogen (secondary N) is 1. The van der Waals surface area contributed by atoms with Crippen LogP contribution in [0.2, 0.25) is 0 Å². The summed E-state index contributed by atoms with van der Waals surface area (Å²) >= 11 is 0. The zero-order chi connectivity index (χ0) is 13.9. The molecular formula is C17H29NO. The average molecular weight is 263 g/mol. The Bertz CT molecular complexity index is 338. The van der Waals surface area contributed by atoms with Crippen LogP contribution in [0.5, 0.6) is 0 Å². The minimum absolute atomic E-state index is 0.557. The van der Waals surface area contributed by atoms with Crippen molar-refractivity contribution >= 4 is 0 Å². The van der Waals surface area contributed by atoms with Crippen LogP contribution < -0.4 is 5.32 Å². The maximum atomic E-state index is 5.71. The molecule has 0 saturated carbocycles. The van der Waals surface area contributed by atoms with Crippen molar-refractivity contribution in [3.63, 3.8) is 0 Å². The number of likely N-dealkylation sites (N-methyl/N-ethyl adjacent to an activating group) is 1. The predicted octanol–water partition coefficient (Wildman–Crippen LogP) is 3.89. The van der Waals surface area contributed by atoms with Crippen molar-refractivity contribution in [2.45, 2.75) is 46.0 Å². The van der Waals surface area contributed by atoms with Crippen LogP contribution in [-0.4, -0.2) is 26.3 Å². The van der Waals surface area contributed by atoms with E-state index >= 15 is 0 Å². The first kappa shape index (κ1) is 16.2. The maximum absolute atomic E-state index is 5.71. The van der Waals surface area contributed by atoms with Crippen molar-refractivity contribution in [3.8, 4) is 0 Å².